The lowest BCUT2D eigenvalue weighted by atomic mass is 9.94. The molecule has 3 rings (SSSR count). The van der Waals surface area contributed by atoms with Crippen LogP contribution in [0, 0.1) is 5.92 Å². The molecule has 1 aliphatic carbocycles. The summed E-state index contributed by atoms with van der Waals surface area (Å²) in [7, 11) is 0. The number of carbonyl (C=O) groups is 1. The van der Waals surface area contributed by atoms with Gasteiger partial charge in [0.2, 0.25) is 0 Å². The molecule has 1 aliphatic rings. The Hall–Kier alpha value is -1.89. The van der Waals surface area contributed by atoms with Gasteiger partial charge in [0.25, 0.3) is 0 Å². The van der Waals surface area contributed by atoms with Gasteiger partial charge in [-0.05, 0) is 35.4 Å². The Balaban J connectivity index is 1.75. The van der Waals surface area contributed by atoms with Crippen LogP contribution in [0.5, 0.6) is 0 Å². The summed E-state index contributed by atoms with van der Waals surface area (Å²) in [6.07, 6.45) is 1.74. The Morgan fingerprint density at radius 3 is 2.40 bits per heavy atom. The minimum absolute atomic E-state index is 0.122. The summed E-state index contributed by atoms with van der Waals surface area (Å²) in [6.45, 7) is 4.40. The molecule has 20 heavy (non-hydrogen) atoms. The van der Waals surface area contributed by atoms with Crippen LogP contribution in [0.2, 0.25) is 0 Å². The zero-order chi connectivity index (χ0) is 14.1. The molecule has 2 aromatic carbocycles. The van der Waals surface area contributed by atoms with Gasteiger partial charge < -0.3 is 0 Å². The van der Waals surface area contributed by atoms with Gasteiger partial charge in [0.1, 0.15) is 0 Å². The Kier molecular flexibility index (Phi) is 3.43. The molecular weight excluding hydrogens is 244 g/mol. The first-order chi connectivity index (χ1) is 9.65. The van der Waals surface area contributed by atoms with Crippen molar-refractivity contribution in [2.45, 2.75) is 32.6 Å². The number of Topliss-reactive ketones (excluding diaryl/α,β-unsaturated/α-hetero) is 1. The van der Waals surface area contributed by atoms with Crippen molar-refractivity contribution in [1.29, 1.82) is 0 Å². The number of fused-ring (bicyclic) bond motifs is 1. The second-order valence-electron chi connectivity index (χ2n) is 6.02. The molecule has 2 aromatic rings. The number of hydrogen-bond donors (Lipinski definition) is 0. The zero-order valence-corrected chi connectivity index (χ0v) is 12.1. The lowest BCUT2D eigenvalue weighted by Crippen LogP contribution is -2.12. The number of carbonyl (C=O) groups excluding carboxylic acids is 1. The van der Waals surface area contributed by atoms with E-state index in [9.17, 15) is 4.79 Å². The van der Waals surface area contributed by atoms with E-state index in [0.29, 0.717) is 11.7 Å². The molecule has 0 spiro atoms. The van der Waals surface area contributed by atoms with Crippen LogP contribution in [0.15, 0.2) is 48.5 Å². The van der Waals surface area contributed by atoms with Gasteiger partial charge in [0.15, 0.2) is 5.78 Å². The fraction of sp³-hybridized carbons (Fsp3) is 0.316. The highest BCUT2D eigenvalue weighted by atomic mass is 16.1. The summed E-state index contributed by atoms with van der Waals surface area (Å²) >= 11 is 0. The second kappa shape index (κ2) is 5.24. The predicted octanol–water partition coefficient (Wildman–Crippen LogP) is 4.41. The van der Waals surface area contributed by atoms with E-state index in [4.69, 9.17) is 0 Å². The van der Waals surface area contributed by atoms with Crippen molar-refractivity contribution in [3.05, 3.63) is 70.8 Å². The first-order valence-electron chi connectivity index (χ1n) is 7.36. The second-order valence-corrected chi connectivity index (χ2v) is 6.02. The van der Waals surface area contributed by atoms with Crippen molar-refractivity contribution in [2.75, 3.05) is 0 Å². The molecule has 0 aromatic heterocycles. The molecule has 0 saturated heterocycles. The van der Waals surface area contributed by atoms with Crippen LogP contribution in [0.3, 0.4) is 0 Å². The summed E-state index contributed by atoms with van der Waals surface area (Å²) in [6, 6.07) is 16.7. The van der Waals surface area contributed by atoms with Crippen LogP contribution in [0.25, 0.3) is 0 Å². The highest BCUT2D eigenvalue weighted by molar-refractivity contribution is 6.02. The zero-order valence-electron chi connectivity index (χ0n) is 12.1. The monoisotopic (exact) mass is 264 g/mol. The fourth-order valence-corrected chi connectivity index (χ4v) is 3.00. The van der Waals surface area contributed by atoms with Crippen LogP contribution in [-0.2, 0) is 12.8 Å². The van der Waals surface area contributed by atoms with E-state index >= 15 is 0 Å². The third kappa shape index (κ3) is 2.40. The van der Waals surface area contributed by atoms with Gasteiger partial charge in [-0.25, -0.2) is 0 Å². The van der Waals surface area contributed by atoms with E-state index < -0.39 is 0 Å². The fourth-order valence-electron chi connectivity index (χ4n) is 3.00. The third-order valence-corrected chi connectivity index (χ3v) is 4.25. The van der Waals surface area contributed by atoms with Crippen LogP contribution >= 0.6 is 0 Å². The average molecular weight is 264 g/mol. The van der Waals surface area contributed by atoms with Crippen molar-refractivity contribution in [2.24, 2.45) is 5.92 Å². The van der Waals surface area contributed by atoms with Crippen molar-refractivity contribution in [1.82, 2.24) is 0 Å². The minimum Gasteiger partial charge on any atom is -0.294 e. The number of benzene rings is 2. The van der Waals surface area contributed by atoms with Crippen molar-refractivity contribution < 1.29 is 4.79 Å². The van der Waals surface area contributed by atoms with Crippen molar-refractivity contribution in [3.8, 4) is 0 Å². The molecule has 0 fully saturated rings. The van der Waals surface area contributed by atoms with Gasteiger partial charge in [0.05, 0.1) is 0 Å². The predicted molar refractivity (Wildman–Crippen MR) is 82.2 cm³/mol. The van der Waals surface area contributed by atoms with Gasteiger partial charge >= 0.3 is 0 Å². The summed E-state index contributed by atoms with van der Waals surface area (Å²) < 4.78 is 0. The first-order valence-corrected chi connectivity index (χ1v) is 7.36. The molecule has 1 nitrogen and oxygen atoms in total. The van der Waals surface area contributed by atoms with Crippen LogP contribution in [0.1, 0.15) is 46.8 Å². The lowest BCUT2D eigenvalue weighted by molar-refractivity contribution is 0.0936. The molecule has 102 valence electrons. The maximum atomic E-state index is 12.4. The third-order valence-electron chi connectivity index (χ3n) is 4.25. The standard InChI is InChI=1S/C19H20O/c1-13(2)15-9-7-14(8-10-15)11-17-12-16-5-3-4-6-18(16)19(17)20/h3-10,13,17H,11-12H2,1-2H3. The Morgan fingerprint density at radius 2 is 1.75 bits per heavy atom. The van der Waals surface area contributed by atoms with Gasteiger partial charge in [-0.2, -0.15) is 0 Å². The summed E-state index contributed by atoms with van der Waals surface area (Å²) in [5, 5.41) is 0. The largest absolute Gasteiger partial charge is 0.294 e. The van der Waals surface area contributed by atoms with Crippen LogP contribution < -0.4 is 0 Å². The first kappa shape index (κ1) is 13.1. The SMILES string of the molecule is CC(C)c1ccc(CC2Cc3ccccc3C2=O)cc1. The molecule has 0 radical (unpaired) electrons. The number of rotatable bonds is 3. The van der Waals surface area contributed by atoms with E-state index in [1.165, 1.54) is 16.7 Å². The van der Waals surface area contributed by atoms with Crippen molar-refractivity contribution in [3.63, 3.8) is 0 Å². The number of ketones is 1. The molecular formula is C19H20O. The van der Waals surface area contributed by atoms with E-state index in [1.807, 2.05) is 18.2 Å². The van der Waals surface area contributed by atoms with Crippen LogP contribution in [0.4, 0.5) is 0 Å². The smallest absolute Gasteiger partial charge is 0.166 e. The number of hydrogen-bond acceptors (Lipinski definition) is 1. The van der Waals surface area contributed by atoms with E-state index in [2.05, 4.69) is 44.2 Å². The molecule has 0 amide bonds. The summed E-state index contributed by atoms with van der Waals surface area (Å²) in [4.78, 5) is 12.4. The molecule has 0 bridgehead atoms. The summed E-state index contributed by atoms with van der Waals surface area (Å²) in [5.41, 5.74) is 4.76. The highest BCUT2D eigenvalue weighted by Gasteiger charge is 2.29. The molecule has 0 heterocycles. The summed E-state index contributed by atoms with van der Waals surface area (Å²) in [5.74, 6) is 0.993. The van der Waals surface area contributed by atoms with E-state index in [0.717, 1.165) is 18.4 Å². The normalized spacial score (nSPS) is 17.6. The van der Waals surface area contributed by atoms with Gasteiger partial charge in [-0.1, -0.05) is 62.4 Å². The van der Waals surface area contributed by atoms with E-state index in [1.54, 1.807) is 0 Å². The maximum absolute atomic E-state index is 12.4. The lowest BCUT2D eigenvalue weighted by Gasteiger charge is -2.10. The quantitative estimate of drug-likeness (QED) is 0.802. The minimum atomic E-state index is 0.122. The average Bonchev–Trinajstić information content (AvgIpc) is 2.77. The molecule has 0 saturated carbocycles. The van der Waals surface area contributed by atoms with Gasteiger partial charge in [0, 0.05) is 11.5 Å². The molecule has 0 aliphatic heterocycles. The molecule has 0 N–H and O–H groups in total. The Labute approximate surface area is 120 Å². The Bertz CT molecular complexity index is 622. The van der Waals surface area contributed by atoms with Crippen molar-refractivity contribution >= 4 is 5.78 Å². The van der Waals surface area contributed by atoms with Gasteiger partial charge in [-0.3, -0.25) is 4.79 Å². The van der Waals surface area contributed by atoms with E-state index in [-0.39, 0.29) is 5.92 Å². The van der Waals surface area contributed by atoms with Crippen LogP contribution in [-0.4, -0.2) is 5.78 Å². The maximum Gasteiger partial charge on any atom is 0.166 e. The molecule has 1 unspecified atom stereocenters. The Morgan fingerprint density at radius 1 is 1.05 bits per heavy atom. The van der Waals surface area contributed by atoms with Gasteiger partial charge in [-0.15, -0.1) is 0 Å². The topological polar surface area (TPSA) is 17.1 Å². The molecule has 1 atom stereocenters. The molecule has 1 heteroatoms. The highest BCUT2D eigenvalue weighted by Crippen LogP contribution is 2.29.